The van der Waals surface area contributed by atoms with E-state index in [0.717, 1.165) is 5.82 Å². The number of nitrogens with zero attached hydrogens (tertiary/aromatic N) is 4. The van der Waals surface area contributed by atoms with Crippen LogP contribution in [0.25, 0.3) is 0 Å². The van der Waals surface area contributed by atoms with Gasteiger partial charge in [0.15, 0.2) is 0 Å². The zero-order valence-corrected chi connectivity index (χ0v) is 15.5. The lowest BCUT2D eigenvalue weighted by Gasteiger charge is -2.40. The Labute approximate surface area is 145 Å². The molecule has 1 aliphatic rings. The van der Waals surface area contributed by atoms with Crippen molar-refractivity contribution in [1.82, 2.24) is 9.88 Å². The van der Waals surface area contributed by atoms with Gasteiger partial charge in [0.2, 0.25) is 0 Å². The van der Waals surface area contributed by atoms with Crippen molar-refractivity contribution in [2.45, 2.75) is 53.2 Å². The smallest absolute Gasteiger partial charge is 0.410 e. The highest BCUT2D eigenvalue weighted by Crippen LogP contribution is 2.20. The number of hydrogen-bond donors (Lipinski definition) is 0. The van der Waals surface area contributed by atoms with Crippen LogP contribution in [0.5, 0.6) is 0 Å². The molecule has 0 saturated carbocycles. The summed E-state index contributed by atoms with van der Waals surface area (Å²) in [6, 6.07) is 5.81. The number of anilines is 1. The minimum absolute atomic E-state index is 0.140. The molecule has 6 heteroatoms. The van der Waals surface area contributed by atoms with Crippen molar-refractivity contribution in [3.63, 3.8) is 0 Å². The molecule has 0 bridgehead atoms. The number of ether oxygens (including phenoxy) is 1. The second-order valence-electron chi connectivity index (χ2n) is 6.49. The normalized spacial score (nSPS) is 17.5. The standard InChI is InChI=1S/C16H22N4O2.C2H6/c1-12-11-19(15(21)22-16(2,3)4)7-8-20(12)14-6-5-13(9-17)10-18-14;1-2/h5-6,10,12H,7-8,11H2,1-4H3;1-2H3. The average molecular weight is 332 g/mol. The van der Waals surface area contributed by atoms with E-state index in [1.165, 1.54) is 0 Å². The number of carbonyl (C=O) groups excluding carboxylic acids is 1. The first-order valence-corrected chi connectivity index (χ1v) is 8.41. The lowest BCUT2D eigenvalue weighted by Crippen LogP contribution is -2.54. The third-order valence-electron chi connectivity index (χ3n) is 3.45. The highest BCUT2D eigenvalue weighted by Gasteiger charge is 2.30. The largest absolute Gasteiger partial charge is 0.444 e. The summed E-state index contributed by atoms with van der Waals surface area (Å²) in [5, 5.41) is 8.82. The van der Waals surface area contributed by atoms with Gasteiger partial charge < -0.3 is 14.5 Å². The molecule has 24 heavy (non-hydrogen) atoms. The van der Waals surface area contributed by atoms with Crippen LogP contribution >= 0.6 is 0 Å². The van der Waals surface area contributed by atoms with Gasteiger partial charge in [-0.25, -0.2) is 9.78 Å². The summed E-state index contributed by atoms with van der Waals surface area (Å²) in [4.78, 5) is 20.3. The summed E-state index contributed by atoms with van der Waals surface area (Å²) in [7, 11) is 0. The number of piperazine rings is 1. The summed E-state index contributed by atoms with van der Waals surface area (Å²) in [6.45, 7) is 13.5. The molecule has 0 radical (unpaired) electrons. The fraction of sp³-hybridized carbons (Fsp3) is 0.611. The van der Waals surface area contributed by atoms with Crippen molar-refractivity contribution in [2.24, 2.45) is 0 Å². The minimum Gasteiger partial charge on any atom is -0.444 e. The van der Waals surface area contributed by atoms with Gasteiger partial charge in [-0.1, -0.05) is 13.8 Å². The maximum Gasteiger partial charge on any atom is 0.410 e. The van der Waals surface area contributed by atoms with E-state index in [2.05, 4.69) is 22.9 Å². The van der Waals surface area contributed by atoms with E-state index < -0.39 is 5.60 Å². The Balaban J connectivity index is 0.00000139. The van der Waals surface area contributed by atoms with Crippen LogP contribution in [0.4, 0.5) is 10.6 Å². The van der Waals surface area contributed by atoms with Gasteiger partial charge in [-0.2, -0.15) is 5.26 Å². The quantitative estimate of drug-likeness (QED) is 0.788. The molecule has 0 aromatic carbocycles. The molecule has 1 aromatic rings. The van der Waals surface area contributed by atoms with Crippen LogP contribution in [0.2, 0.25) is 0 Å². The molecule has 1 fully saturated rings. The topological polar surface area (TPSA) is 69.5 Å². The van der Waals surface area contributed by atoms with Crippen molar-refractivity contribution in [2.75, 3.05) is 24.5 Å². The van der Waals surface area contributed by atoms with Gasteiger partial charge in [-0.15, -0.1) is 0 Å². The molecule has 1 aliphatic heterocycles. The van der Waals surface area contributed by atoms with Crippen LogP contribution < -0.4 is 4.90 Å². The van der Waals surface area contributed by atoms with Crippen LogP contribution in [-0.4, -0.2) is 47.3 Å². The Morgan fingerprint density at radius 3 is 2.46 bits per heavy atom. The minimum atomic E-state index is -0.480. The van der Waals surface area contributed by atoms with E-state index in [-0.39, 0.29) is 12.1 Å². The van der Waals surface area contributed by atoms with E-state index in [0.29, 0.717) is 25.2 Å². The van der Waals surface area contributed by atoms with E-state index in [1.54, 1.807) is 17.2 Å². The number of hydrogen-bond acceptors (Lipinski definition) is 5. The van der Waals surface area contributed by atoms with Crippen LogP contribution in [-0.2, 0) is 4.74 Å². The first-order chi connectivity index (χ1) is 11.3. The lowest BCUT2D eigenvalue weighted by atomic mass is 10.2. The van der Waals surface area contributed by atoms with Gasteiger partial charge in [0.05, 0.1) is 5.56 Å². The Morgan fingerprint density at radius 1 is 1.33 bits per heavy atom. The van der Waals surface area contributed by atoms with Crippen LogP contribution in [0.15, 0.2) is 18.3 Å². The van der Waals surface area contributed by atoms with E-state index in [4.69, 9.17) is 10.00 Å². The monoisotopic (exact) mass is 332 g/mol. The molecule has 0 spiro atoms. The maximum absolute atomic E-state index is 12.1. The molecule has 132 valence electrons. The van der Waals surface area contributed by atoms with Gasteiger partial charge in [0.1, 0.15) is 17.5 Å². The number of amides is 1. The Kier molecular flexibility index (Phi) is 7.02. The SMILES string of the molecule is CC.CC1CN(C(=O)OC(C)(C)C)CCN1c1ccc(C#N)cn1. The fourth-order valence-corrected chi connectivity index (χ4v) is 2.41. The molecular weight excluding hydrogens is 304 g/mol. The highest BCUT2D eigenvalue weighted by atomic mass is 16.6. The second-order valence-corrected chi connectivity index (χ2v) is 6.49. The average Bonchev–Trinajstić information content (AvgIpc) is 2.55. The third kappa shape index (κ3) is 5.41. The molecule has 2 heterocycles. The number of nitriles is 1. The number of carbonyl (C=O) groups is 1. The predicted octanol–water partition coefficient (Wildman–Crippen LogP) is 3.43. The summed E-state index contributed by atoms with van der Waals surface area (Å²) < 4.78 is 5.41. The summed E-state index contributed by atoms with van der Waals surface area (Å²) >= 11 is 0. The zero-order chi connectivity index (χ0) is 18.3. The van der Waals surface area contributed by atoms with E-state index in [9.17, 15) is 4.79 Å². The van der Waals surface area contributed by atoms with Gasteiger partial charge >= 0.3 is 6.09 Å². The van der Waals surface area contributed by atoms with Crippen molar-refractivity contribution in [3.8, 4) is 6.07 Å². The predicted molar refractivity (Wildman–Crippen MR) is 94.9 cm³/mol. The lowest BCUT2D eigenvalue weighted by molar-refractivity contribution is 0.0218. The van der Waals surface area contributed by atoms with Crippen LogP contribution in [0, 0.1) is 11.3 Å². The molecular formula is C18H28N4O2. The van der Waals surface area contributed by atoms with Crippen LogP contribution in [0.1, 0.15) is 47.1 Å². The van der Waals surface area contributed by atoms with Crippen molar-refractivity contribution in [3.05, 3.63) is 23.9 Å². The first-order valence-electron chi connectivity index (χ1n) is 8.41. The number of aromatic nitrogens is 1. The summed E-state index contributed by atoms with van der Waals surface area (Å²) in [5.74, 6) is 0.829. The molecule has 0 aliphatic carbocycles. The van der Waals surface area contributed by atoms with Crippen LogP contribution in [0.3, 0.4) is 0 Å². The summed E-state index contributed by atoms with van der Waals surface area (Å²) in [5.41, 5.74) is 0.0652. The number of pyridine rings is 1. The Bertz CT molecular complexity index is 572. The maximum atomic E-state index is 12.1. The fourth-order valence-electron chi connectivity index (χ4n) is 2.41. The van der Waals surface area contributed by atoms with Crippen molar-refractivity contribution >= 4 is 11.9 Å². The molecule has 1 atom stereocenters. The van der Waals surface area contributed by atoms with Gasteiger partial charge in [0.25, 0.3) is 0 Å². The first kappa shape index (κ1) is 19.8. The number of rotatable bonds is 1. The Hall–Kier alpha value is -2.29. The zero-order valence-electron chi connectivity index (χ0n) is 15.5. The third-order valence-corrected chi connectivity index (χ3v) is 3.45. The molecule has 1 unspecified atom stereocenters. The van der Waals surface area contributed by atoms with Crippen molar-refractivity contribution in [1.29, 1.82) is 5.26 Å². The van der Waals surface area contributed by atoms with E-state index >= 15 is 0 Å². The molecule has 1 saturated heterocycles. The van der Waals surface area contributed by atoms with Crippen molar-refractivity contribution < 1.29 is 9.53 Å². The Morgan fingerprint density at radius 2 is 2.00 bits per heavy atom. The molecule has 0 N–H and O–H groups in total. The highest BCUT2D eigenvalue weighted by molar-refractivity contribution is 5.68. The second kappa shape index (κ2) is 8.53. The van der Waals surface area contributed by atoms with Gasteiger partial charge in [0, 0.05) is 31.9 Å². The molecule has 2 rings (SSSR count). The molecule has 6 nitrogen and oxygen atoms in total. The van der Waals surface area contributed by atoms with Gasteiger partial charge in [-0.05, 0) is 39.8 Å². The molecule has 1 amide bonds. The molecule has 1 aromatic heterocycles. The van der Waals surface area contributed by atoms with E-state index in [1.807, 2.05) is 40.7 Å². The summed E-state index contributed by atoms with van der Waals surface area (Å²) in [6.07, 6.45) is 1.30. The van der Waals surface area contributed by atoms with Gasteiger partial charge in [-0.3, -0.25) is 0 Å².